The van der Waals surface area contributed by atoms with Crippen molar-refractivity contribution in [2.75, 3.05) is 13.1 Å². The second kappa shape index (κ2) is 6.14. The number of nitrogens with zero attached hydrogens (tertiary/aromatic N) is 2. The highest BCUT2D eigenvalue weighted by Crippen LogP contribution is 2.32. The Morgan fingerprint density at radius 2 is 2.08 bits per heavy atom. The molecule has 1 N–H and O–H groups in total. The molecule has 2 unspecified atom stereocenters. The summed E-state index contributed by atoms with van der Waals surface area (Å²) in [5.74, 6) is -1.58. The molecule has 7 heteroatoms. The predicted molar refractivity (Wildman–Crippen MR) is 90.1 cm³/mol. The minimum Gasteiger partial charge on any atom is -0.481 e. The van der Waals surface area contributed by atoms with Gasteiger partial charge in [0.05, 0.1) is 11.4 Å². The summed E-state index contributed by atoms with van der Waals surface area (Å²) >= 11 is 0. The maximum atomic E-state index is 13.2. The summed E-state index contributed by atoms with van der Waals surface area (Å²) in [4.78, 5) is 15.7. The minimum absolute atomic E-state index is 0.210. The number of carboxylic acids is 1. The summed E-state index contributed by atoms with van der Waals surface area (Å²) < 4.78 is 27.8. The summed E-state index contributed by atoms with van der Waals surface area (Å²) in [6, 6.07) is 7.24. The van der Waals surface area contributed by atoms with Crippen LogP contribution in [-0.2, 0) is 14.8 Å². The summed E-state index contributed by atoms with van der Waals surface area (Å²) in [6.07, 6.45) is 1.91. The molecular weight excluding hydrogens is 328 g/mol. The fraction of sp³-hybridized carbons (Fsp3) is 0.412. The van der Waals surface area contributed by atoms with E-state index in [1.54, 1.807) is 32.2 Å². The number of carbonyl (C=O) groups is 1. The molecule has 0 amide bonds. The third-order valence-corrected chi connectivity index (χ3v) is 6.75. The molecule has 1 aliphatic rings. The number of hydrogen-bond donors (Lipinski definition) is 1. The zero-order valence-corrected chi connectivity index (χ0v) is 14.5. The summed E-state index contributed by atoms with van der Waals surface area (Å²) in [5.41, 5.74) is 1.11. The van der Waals surface area contributed by atoms with Crippen LogP contribution in [0.25, 0.3) is 10.9 Å². The number of rotatable bonds is 3. The van der Waals surface area contributed by atoms with Crippen molar-refractivity contribution in [3.05, 3.63) is 36.0 Å². The first kappa shape index (κ1) is 16.9. The van der Waals surface area contributed by atoms with E-state index in [2.05, 4.69) is 4.98 Å². The molecule has 128 valence electrons. The number of benzene rings is 1. The smallest absolute Gasteiger partial charge is 0.306 e. The Labute approximate surface area is 141 Å². The van der Waals surface area contributed by atoms with E-state index in [1.807, 2.05) is 12.1 Å². The Morgan fingerprint density at radius 1 is 1.33 bits per heavy atom. The average Bonchev–Trinajstić information content (AvgIpc) is 2.53. The lowest BCUT2D eigenvalue weighted by Crippen LogP contribution is -2.45. The number of aromatic nitrogens is 1. The number of pyridine rings is 1. The molecule has 1 aromatic carbocycles. The van der Waals surface area contributed by atoms with Gasteiger partial charge in [0.15, 0.2) is 0 Å². The normalized spacial score (nSPS) is 22.6. The van der Waals surface area contributed by atoms with Crippen molar-refractivity contribution >= 4 is 26.9 Å². The zero-order chi connectivity index (χ0) is 17.5. The first-order valence-electron chi connectivity index (χ1n) is 7.89. The molecule has 2 atom stereocenters. The van der Waals surface area contributed by atoms with E-state index < -0.39 is 21.9 Å². The van der Waals surface area contributed by atoms with Crippen molar-refractivity contribution in [2.24, 2.45) is 11.8 Å². The van der Waals surface area contributed by atoms with Crippen molar-refractivity contribution in [2.45, 2.75) is 25.2 Å². The predicted octanol–water partition coefficient (Wildman–Crippen LogP) is 2.27. The zero-order valence-electron chi connectivity index (χ0n) is 13.6. The Balaban J connectivity index is 2.04. The third-order valence-electron chi connectivity index (χ3n) is 4.71. The lowest BCUT2D eigenvalue weighted by atomic mass is 9.88. The van der Waals surface area contributed by atoms with Gasteiger partial charge in [-0.3, -0.25) is 9.78 Å². The van der Waals surface area contributed by atoms with Gasteiger partial charge in [-0.2, -0.15) is 4.31 Å². The van der Waals surface area contributed by atoms with Gasteiger partial charge in [0, 0.05) is 24.7 Å². The van der Waals surface area contributed by atoms with Gasteiger partial charge in [-0.1, -0.05) is 25.1 Å². The second-order valence-electron chi connectivity index (χ2n) is 6.36. The Kier molecular flexibility index (Phi) is 4.31. The van der Waals surface area contributed by atoms with E-state index in [1.165, 1.54) is 4.31 Å². The van der Waals surface area contributed by atoms with Crippen LogP contribution in [0.15, 0.2) is 35.4 Å². The van der Waals surface area contributed by atoms with Crippen LogP contribution >= 0.6 is 0 Å². The molecule has 1 fully saturated rings. The largest absolute Gasteiger partial charge is 0.481 e. The van der Waals surface area contributed by atoms with E-state index in [-0.39, 0.29) is 23.9 Å². The second-order valence-corrected chi connectivity index (χ2v) is 8.24. The number of aliphatic carboxylic acids is 1. The van der Waals surface area contributed by atoms with Crippen LogP contribution in [0.3, 0.4) is 0 Å². The molecule has 0 spiro atoms. The molecule has 0 aliphatic carbocycles. The number of sulfonamides is 1. The minimum atomic E-state index is -3.72. The first-order valence-corrected chi connectivity index (χ1v) is 9.33. The van der Waals surface area contributed by atoms with E-state index in [0.717, 1.165) is 5.39 Å². The van der Waals surface area contributed by atoms with Crippen LogP contribution in [0, 0.1) is 18.8 Å². The lowest BCUT2D eigenvalue weighted by molar-refractivity contribution is -0.144. The molecule has 24 heavy (non-hydrogen) atoms. The Morgan fingerprint density at radius 3 is 2.75 bits per heavy atom. The number of hydrogen-bond acceptors (Lipinski definition) is 4. The van der Waals surface area contributed by atoms with Gasteiger partial charge < -0.3 is 5.11 Å². The van der Waals surface area contributed by atoms with Crippen molar-refractivity contribution in [1.29, 1.82) is 0 Å². The molecule has 6 nitrogen and oxygen atoms in total. The third kappa shape index (κ3) is 2.78. The number of fused-ring (bicyclic) bond motifs is 1. The number of piperidine rings is 1. The maximum Gasteiger partial charge on any atom is 0.306 e. The number of aryl methyl sites for hydroxylation is 1. The van der Waals surface area contributed by atoms with Gasteiger partial charge in [-0.15, -0.1) is 0 Å². The lowest BCUT2D eigenvalue weighted by Gasteiger charge is -2.34. The monoisotopic (exact) mass is 348 g/mol. The van der Waals surface area contributed by atoms with Crippen molar-refractivity contribution in [3.8, 4) is 0 Å². The first-order chi connectivity index (χ1) is 11.3. The molecular formula is C17H20N2O4S. The van der Waals surface area contributed by atoms with Gasteiger partial charge in [-0.05, 0) is 30.9 Å². The Bertz CT molecular complexity index is 895. The highest BCUT2D eigenvalue weighted by molar-refractivity contribution is 7.89. The van der Waals surface area contributed by atoms with Crippen LogP contribution in [0.5, 0.6) is 0 Å². The average molecular weight is 348 g/mol. The molecule has 1 aliphatic heterocycles. The standard InChI is InChI=1S/C17H20N2O4S/c1-11-5-6-13-4-3-8-18-15(13)16(11)24(22,23)19-9-7-14(17(20)21)12(2)10-19/h3-6,8,12,14H,7,9-10H2,1-2H3,(H,20,21). The molecule has 3 rings (SSSR count). The van der Waals surface area contributed by atoms with E-state index in [4.69, 9.17) is 0 Å². The van der Waals surface area contributed by atoms with Crippen LogP contribution < -0.4 is 0 Å². The highest BCUT2D eigenvalue weighted by Gasteiger charge is 2.37. The van der Waals surface area contributed by atoms with E-state index in [9.17, 15) is 18.3 Å². The summed E-state index contributed by atoms with van der Waals surface area (Å²) in [7, 11) is -3.72. The molecule has 0 saturated carbocycles. The fourth-order valence-corrected chi connectivity index (χ4v) is 5.29. The molecule has 0 bridgehead atoms. The maximum absolute atomic E-state index is 13.2. The molecule has 1 aromatic heterocycles. The quantitative estimate of drug-likeness (QED) is 0.919. The van der Waals surface area contributed by atoms with Crippen LogP contribution in [0.4, 0.5) is 0 Å². The van der Waals surface area contributed by atoms with Crippen molar-refractivity contribution in [1.82, 2.24) is 9.29 Å². The van der Waals surface area contributed by atoms with Gasteiger partial charge in [-0.25, -0.2) is 8.42 Å². The van der Waals surface area contributed by atoms with Gasteiger partial charge in [0.1, 0.15) is 4.90 Å². The molecule has 0 radical (unpaired) electrons. The van der Waals surface area contributed by atoms with E-state index in [0.29, 0.717) is 17.5 Å². The fourth-order valence-electron chi connectivity index (χ4n) is 3.37. The van der Waals surface area contributed by atoms with Gasteiger partial charge >= 0.3 is 5.97 Å². The molecule has 1 saturated heterocycles. The van der Waals surface area contributed by atoms with Gasteiger partial charge in [0.25, 0.3) is 0 Å². The topological polar surface area (TPSA) is 87.6 Å². The SMILES string of the molecule is Cc1ccc2cccnc2c1S(=O)(=O)N1CCC(C(=O)O)C(C)C1. The van der Waals surface area contributed by atoms with Crippen LogP contribution in [-0.4, -0.2) is 41.9 Å². The van der Waals surface area contributed by atoms with Crippen LogP contribution in [0.2, 0.25) is 0 Å². The van der Waals surface area contributed by atoms with Crippen molar-refractivity contribution < 1.29 is 18.3 Å². The summed E-state index contributed by atoms with van der Waals surface area (Å²) in [5, 5.41) is 10.00. The molecule has 2 heterocycles. The summed E-state index contributed by atoms with van der Waals surface area (Å²) in [6.45, 7) is 3.97. The van der Waals surface area contributed by atoms with Crippen molar-refractivity contribution in [3.63, 3.8) is 0 Å². The van der Waals surface area contributed by atoms with Gasteiger partial charge in [0.2, 0.25) is 10.0 Å². The number of carboxylic acid groups (broad SMARTS) is 1. The van der Waals surface area contributed by atoms with Crippen LogP contribution in [0.1, 0.15) is 18.9 Å². The Hall–Kier alpha value is -1.99. The van der Waals surface area contributed by atoms with E-state index >= 15 is 0 Å². The molecule has 2 aromatic rings. The highest BCUT2D eigenvalue weighted by atomic mass is 32.2.